The van der Waals surface area contributed by atoms with Gasteiger partial charge >= 0.3 is 12.0 Å². The SMILES string of the molecule is CNCCN(C)C(=O)N1CC(OC)CC1C(=O)O. The van der Waals surface area contributed by atoms with Crippen LogP contribution in [0.5, 0.6) is 0 Å². The number of aliphatic carboxylic acids is 1. The Morgan fingerprint density at radius 3 is 2.72 bits per heavy atom. The molecule has 1 fully saturated rings. The van der Waals surface area contributed by atoms with Gasteiger partial charge in [0.05, 0.1) is 6.10 Å². The van der Waals surface area contributed by atoms with Crippen LogP contribution in [0.25, 0.3) is 0 Å². The third-order valence-corrected chi connectivity index (χ3v) is 3.15. The molecule has 1 rings (SSSR count). The number of likely N-dealkylation sites (N-methyl/N-ethyl adjacent to an activating group) is 2. The van der Waals surface area contributed by atoms with E-state index in [9.17, 15) is 9.59 Å². The second-order valence-electron chi connectivity index (χ2n) is 4.41. The van der Waals surface area contributed by atoms with Crippen LogP contribution in [-0.4, -0.2) is 79.9 Å². The zero-order chi connectivity index (χ0) is 13.7. The molecule has 0 aromatic carbocycles. The third kappa shape index (κ3) is 3.33. The standard InChI is InChI=1S/C11H21N3O4/c1-12-4-5-13(2)11(17)14-7-8(18-3)6-9(14)10(15)16/h8-9,12H,4-7H2,1-3H3,(H,15,16). The molecule has 7 nitrogen and oxygen atoms in total. The highest BCUT2D eigenvalue weighted by molar-refractivity contribution is 5.83. The van der Waals surface area contributed by atoms with Gasteiger partial charge in [0.15, 0.2) is 0 Å². The Labute approximate surface area is 107 Å². The van der Waals surface area contributed by atoms with Crippen molar-refractivity contribution in [1.82, 2.24) is 15.1 Å². The Morgan fingerprint density at radius 1 is 1.56 bits per heavy atom. The molecule has 2 N–H and O–H groups in total. The Hall–Kier alpha value is -1.34. The fraction of sp³-hybridized carbons (Fsp3) is 0.818. The maximum absolute atomic E-state index is 12.1. The number of ether oxygens (including phenoxy) is 1. The minimum absolute atomic E-state index is 0.201. The normalized spacial score (nSPS) is 23.2. The van der Waals surface area contributed by atoms with Crippen LogP contribution in [0.1, 0.15) is 6.42 Å². The van der Waals surface area contributed by atoms with Crippen LogP contribution in [0.15, 0.2) is 0 Å². The number of urea groups is 1. The molecular formula is C11H21N3O4. The highest BCUT2D eigenvalue weighted by atomic mass is 16.5. The average Bonchev–Trinajstić information content (AvgIpc) is 2.79. The van der Waals surface area contributed by atoms with Gasteiger partial charge in [-0.05, 0) is 7.05 Å². The Kier molecular flexibility index (Phi) is 5.36. The lowest BCUT2D eigenvalue weighted by Crippen LogP contribution is -2.48. The van der Waals surface area contributed by atoms with Gasteiger partial charge in [-0.25, -0.2) is 9.59 Å². The number of carbonyl (C=O) groups excluding carboxylic acids is 1. The Morgan fingerprint density at radius 2 is 2.22 bits per heavy atom. The number of likely N-dealkylation sites (tertiary alicyclic amines) is 1. The first-order chi connectivity index (χ1) is 8.51. The maximum Gasteiger partial charge on any atom is 0.326 e. The van der Waals surface area contributed by atoms with E-state index in [-0.39, 0.29) is 12.1 Å². The van der Waals surface area contributed by atoms with Crippen LogP contribution < -0.4 is 5.32 Å². The van der Waals surface area contributed by atoms with E-state index in [1.807, 2.05) is 0 Å². The smallest absolute Gasteiger partial charge is 0.326 e. The van der Waals surface area contributed by atoms with Crippen molar-refractivity contribution in [2.45, 2.75) is 18.6 Å². The number of carboxylic acids is 1. The van der Waals surface area contributed by atoms with Crippen LogP contribution in [0.2, 0.25) is 0 Å². The van der Waals surface area contributed by atoms with Crippen LogP contribution >= 0.6 is 0 Å². The summed E-state index contributed by atoms with van der Waals surface area (Å²) < 4.78 is 5.14. The van der Waals surface area contributed by atoms with Crippen LogP contribution in [-0.2, 0) is 9.53 Å². The third-order valence-electron chi connectivity index (χ3n) is 3.15. The first kappa shape index (κ1) is 14.7. The summed E-state index contributed by atoms with van der Waals surface area (Å²) in [5.74, 6) is -0.982. The number of rotatable bonds is 5. The Bertz CT molecular complexity index is 311. The molecule has 0 radical (unpaired) electrons. The number of hydrogen-bond acceptors (Lipinski definition) is 4. The van der Waals surface area contributed by atoms with Crippen molar-refractivity contribution in [3.8, 4) is 0 Å². The molecule has 104 valence electrons. The van der Waals surface area contributed by atoms with E-state index < -0.39 is 12.0 Å². The monoisotopic (exact) mass is 259 g/mol. The fourth-order valence-electron chi connectivity index (χ4n) is 2.01. The molecule has 0 spiro atoms. The average molecular weight is 259 g/mol. The molecule has 0 saturated carbocycles. The highest BCUT2D eigenvalue weighted by Gasteiger charge is 2.40. The highest BCUT2D eigenvalue weighted by Crippen LogP contribution is 2.21. The molecule has 7 heteroatoms. The van der Waals surface area contributed by atoms with Gasteiger partial charge < -0.3 is 25.0 Å². The molecule has 18 heavy (non-hydrogen) atoms. The first-order valence-corrected chi connectivity index (χ1v) is 5.93. The van der Waals surface area contributed by atoms with Gasteiger partial charge in [0, 0.05) is 40.2 Å². The predicted octanol–water partition coefficient (Wildman–Crippen LogP) is -0.568. The molecule has 0 aromatic rings. The van der Waals surface area contributed by atoms with E-state index in [0.717, 1.165) is 0 Å². The molecule has 0 aliphatic carbocycles. The van der Waals surface area contributed by atoms with Gasteiger partial charge in [-0.15, -0.1) is 0 Å². The summed E-state index contributed by atoms with van der Waals surface area (Å²) in [6.07, 6.45) is 0.144. The van der Waals surface area contributed by atoms with Crippen molar-refractivity contribution >= 4 is 12.0 Å². The topological polar surface area (TPSA) is 82.1 Å². The van der Waals surface area contributed by atoms with Crippen molar-refractivity contribution in [2.75, 3.05) is 40.8 Å². The fourth-order valence-corrected chi connectivity index (χ4v) is 2.01. The number of carbonyl (C=O) groups is 2. The lowest BCUT2D eigenvalue weighted by Gasteiger charge is -2.27. The second kappa shape index (κ2) is 6.55. The van der Waals surface area contributed by atoms with Gasteiger partial charge in [-0.2, -0.15) is 0 Å². The molecule has 2 amide bonds. The largest absolute Gasteiger partial charge is 0.480 e. The van der Waals surface area contributed by atoms with Crippen LogP contribution in [0, 0.1) is 0 Å². The molecular weight excluding hydrogens is 238 g/mol. The summed E-state index contributed by atoms with van der Waals surface area (Å²) in [7, 11) is 5.00. The molecule has 2 unspecified atom stereocenters. The molecule has 1 saturated heterocycles. The molecule has 0 aromatic heterocycles. The zero-order valence-electron chi connectivity index (χ0n) is 11.0. The van der Waals surface area contributed by atoms with E-state index in [4.69, 9.17) is 9.84 Å². The lowest BCUT2D eigenvalue weighted by molar-refractivity contribution is -0.141. The number of nitrogens with one attached hydrogen (secondary N) is 1. The molecule has 0 bridgehead atoms. The number of nitrogens with zero attached hydrogens (tertiary/aromatic N) is 2. The van der Waals surface area contributed by atoms with E-state index in [1.165, 1.54) is 16.9 Å². The van der Waals surface area contributed by atoms with Gasteiger partial charge in [0.1, 0.15) is 6.04 Å². The first-order valence-electron chi connectivity index (χ1n) is 5.93. The number of methoxy groups -OCH3 is 1. The number of hydrogen-bond donors (Lipinski definition) is 2. The van der Waals surface area contributed by atoms with E-state index >= 15 is 0 Å². The van der Waals surface area contributed by atoms with Crippen molar-refractivity contribution in [1.29, 1.82) is 0 Å². The summed E-state index contributed by atoms with van der Waals surface area (Å²) in [6, 6.07) is -1.06. The van der Waals surface area contributed by atoms with Crippen molar-refractivity contribution < 1.29 is 19.4 Å². The zero-order valence-corrected chi connectivity index (χ0v) is 11.0. The summed E-state index contributed by atoms with van der Waals surface area (Å²) in [5, 5.41) is 12.1. The van der Waals surface area contributed by atoms with E-state index in [0.29, 0.717) is 26.1 Å². The Balaban J connectivity index is 2.67. The van der Waals surface area contributed by atoms with Gasteiger partial charge in [0.25, 0.3) is 0 Å². The summed E-state index contributed by atoms with van der Waals surface area (Å²) in [4.78, 5) is 26.2. The van der Waals surface area contributed by atoms with Crippen LogP contribution in [0.3, 0.4) is 0 Å². The summed E-state index contributed by atoms with van der Waals surface area (Å²) in [6.45, 7) is 1.54. The number of amides is 2. The van der Waals surface area contributed by atoms with Crippen molar-refractivity contribution in [3.05, 3.63) is 0 Å². The van der Waals surface area contributed by atoms with E-state index in [2.05, 4.69) is 5.32 Å². The van der Waals surface area contributed by atoms with Crippen LogP contribution in [0.4, 0.5) is 4.79 Å². The second-order valence-corrected chi connectivity index (χ2v) is 4.41. The van der Waals surface area contributed by atoms with E-state index in [1.54, 1.807) is 14.1 Å². The number of carboxylic acid groups (broad SMARTS) is 1. The summed E-state index contributed by atoms with van der Waals surface area (Å²) in [5.41, 5.74) is 0. The quantitative estimate of drug-likeness (QED) is 0.691. The molecule has 1 aliphatic rings. The molecule has 2 atom stereocenters. The van der Waals surface area contributed by atoms with Gasteiger partial charge in [0.2, 0.25) is 0 Å². The molecule has 1 aliphatic heterocycles. The predicted molar refractivity (Wildman–Crippen MR) is 65.5 cm³/mol. The van der Waals surface area contributed by atoms with Crippen molar-refractivity contribution in [3.63, 3.8) is 0 Å². The van der Waals surface area contributed by atoms with Crippen molar-refractivity contribution in [2.24, 2.45) is 0 Å². The lowest BCUT2D eigenvalue weighted by atomic mass is 10.2. The minimum atomic E-state index is -0.982. The summed E-state index contributed by atoms with van der Waals surface area (Å²) >= 11 is 0. The van der Waals surface area contributed by atoms with Gasteiger partial charge in [-0.1, -0.05) is 0 Å². The molecule has 1 heterocycles. The van der Waals surface area contributed by atoms with Gasteiger partial charge in [-0.3, -0.25) is 0 Å². The minimum Gasteiger partial charge on any atom is -0.480 e. The maximum atomic E-state index is 12.1.